The molecular formula is C13H23N3OS. The number of hydrogen-bond acceptors (Lipinski definition) is 5. The van der Waals surface area contributed by atoms with E-state index in [1.165, 1.54) is 25.7 Å². The van der Waals surface area contributed by atoms with E-state index < -0.39 is 0 Å². The van der Waals surface area contributed by atoms with Gasteiger partial charge in [-0.1, -0.05) is 37.8 Å². The third-order valence-corrected chi connectivity index (χ3v) is 4.79. The van der Waals surface area contributed by atoms with E-state index in [1.54, 1.807) is 0 Å². The third kappa shape index (κ3) is 3.99. The largest absolute Gasteiger partial charge is 0.338 e. The number of aromatic nitrogens is 2. The van der Waals surface area contributed by atoms with Crippen molar-refractivity contribution < 1.29 is 4.52 Å². The standard InChI is InChI=1S/C13H23N3OS/c1-2-3-8-11(14)13-15-12(16-17-13)9-18-10-6-4-5-7-10/h10-11H,2-9,14H2,1H3/t11-/m0/s1. The third-order valence-electron chi connectivity index (χ3n) is 3.42. The van der Waals surface area contributed by atoms with Crippen molar-refractivity contribution in [2.45, 2.75) is 68.9 Å². The van der Waals surface area contributed by atoms with Gasteiger partial charge in [0, 0.05) is 5.25 Å². The molecule has 5 heteroatoms. The van der Waals surface area contributed by atoms with Crippen molar-refractivity contribution in [1.29, 1.82) is 0 Å². The molecule has 0 unspecified atom stereocenters. The maximum Gasteiger partial charge on any atom is 0.243 e. The van der Waals surface area contributed by atoms with Crippen LogP contribution in [0.4, 0.5) is 0 Å². The normalized spacial score (nSPS) is 18.3. The number of nitrogens with two attached hydrogens (primary N) is 1. The Bertz CT molecular complexity index is 350. The van der Waals surface area contributed by atoms with Crippen molar-refractivity contribution in [2.75, 3.05) is 0 Å². The van der Waals surface area contributed by atoms with Gasteiger partial charge in [-0.05, 0) is 19.3 Å². The summed E-state index contributed by atoms with van der Waals surface area (Å²) in [7, 11) is 0. The van der Waals surface area contributed by atoms with Crippen LogP contribution in [0.5, 0.6) is 0 Å². The van der Waals surface area contributed by atoms with Gasteiger partial charge in [-0.15, -0.1) is 0 Å². The highest BCUT2D eigenvalue weighted by Gasteiger charge is 2.18. The predicted octanol–water partition coefficient (Wildman–Crippen LogP) is 3.44. The molecule has 2 N–H and O–H groups in total. The predicted molar refractivity (Wildman–Crippen MR) is 74.3 cm³/mol. The highest BCUT2D eigenvalue weighted by Crippen LogP contribution is 2.31. The summed E-state index contributed by atoms with van der Waals surface area (Å²) in [5, 5.41) is 4.81. The fourth-order valence-corrected chi connectivity index (χ4v) is 3.44. The van der Waals surface area contributed by atoms with Gasteiger partial charge in [-0.25, -0.2) is 0 Å². The molecule has 1 fully saturated rings. The molecule has 1 aromatic heterocycles. The van der Waals surface area contributed by atoms with Crippen LogP contribution in [-0.2, 0) is 5.75 Å². The van der Waals surface area contributed by atoms with Crippen molar-refractivity contribution in [3.63, 3.8) is 0 Å². The molecule has 1 aliphatic carbocycles. The van der Waals surface area contributed by atoms with Gasteiger partial charge in [0.25, 0.3) is 0 Å². The van der Waals surface area contributed by atoms with Crippen LogP contribution in [0.2, 0.25) is 0 Å². The summed E-state index contributed by atoms with van der Waals surface area (Å²) in [6.45, 7) is 2.16. The van der Waals surface area contributed by atoms with Crippen molar-refractivity contribution >= 4 is 11.8 Å². The van der Waals surface area contributed by atoms with E-state index in [4.69, 9.17) is 10.3 Å². The molecule has 18 heavy (non-hydrogen) atoms. The van der Waals surface area contributed by atoms with Crippen LogP contribution in [0, 0.1) is 0 Å². The molecule has 4 nitrogen and oxygen atoms in total. The minimum absolute atomic E-state index is 0.0947. The zero-order chi connectivity index (χ0) is 12.8. The lowest BCUT2D eigenvalue weighted by Gasteiger charge is -2.05. The first-order valence-electron chi connectivity index (χ1n) is 6.99. The van der Waals surface area contributed by atoms with Crippen LogP contribution >= 0.6 is 11.8 Å². The minimum atomic E-state index is -0.0947. The van der Waals surface area contributed by atoms with E-state index in [9.17, 15) is 0 Å². The van der Waals surface area contributed by atoms with E-state index in [-0.39, 0.29) is 6.04 Å². The van der Waals surface area contributed by atoms with E-state index in [2.05, 4.69) is 17.1 Å². The SMILES string of the molecule is CCCC[C@H](N)c1nc(CSC2CCCC2)no1. The number of thioether (sulfide) groups is 1. The summed E-state index contributed by atoms with van der Waals surface area (Å²) < 4.78 is 5.24. The molecule has 0 bridgehead atoms. The van der Waals surface area contributed by atoms with Gasteiger partial charge >= 0.3 is 0 Å². The fourth-order valence-electron chi connectivity index (χ4n) is 2.27. The summed E-state index contributed by atoms with van der Waals surface area (Å²) in [4.78, 5) is 4.40. The molecule has 1 heterocycles. The molecule has 0 radical (unpaired) electrons. The van der Waals surface area contributed by atoms with E-state index in [1.807, 2.05) is 11.8 Å². The second-order valence-electron chi connectivity index (χ2n) is 5.02. The number of rotatable bonds is 7. The van der Waals surface area contributed by atoms with Crippen molar-refractivity contribution in [3.8, 4) is 0 Å². The lowest BCUT2D eigenvalue weighted by atomic mass is 10.1. The summed E-state index contributed by atoms with van der Waals surface area (Å²) in [6, 6.07) is -0.0947. The average Bonchev–Trinajstić information content (AvgIpc) is 3.04. The Kier molecular flexibility index (Phi) is 5.50. The molecule has 1 aromatic rings. The van der Waals surface area contributed by atoms with Crippen LogP contribution in [-0.4, -0.2) is 15.4 Å². The van der Waals surface area contributed by atoms with E-state index in [0.717, 1.165) is 36.1 Å². The molecule has 1 saturated carbocycles. The quantitative estimate of drug-likeness (QED) is 0.821. The molecule has 0 amide bonds. The molecule has 1 atom stereocenters. The highest BCUT2D eigenvalue weighted by atomic mass is 32.2. The number of hydrogen-bond donors (Lipinski definition) is 1. The van der Waals surface area contributed by atoms with Gasteiger partial charge in [0.15, 0.2) is 5.82 Å². The fraction of sp³-hybridized carbons (Fsp3) is 0.846. The number of nitrogens with zero attached hydrogens (tertiary/aromatic N) is 2. The second kappa shape index (κ2) is 7.14. The maximum absolute atomic E-state index is 6.01. The lowest BCUT2D eigenvalue weighted by Crippen LogP contribution is -2.10. The summed E-state index contributed by atoms with van der Waals surface area (Å²) in [5.74, 6) is 2.26. The molecule has 0 saturated heterocycles. The monoisotopic (exact) mass is 269 g/mol. The Morgan fingerprint density at radius 1 is 1.44 bits per heavy atom. The van der Waals surface area contributed by atoms with E-state index in [0.29, 0.717) is 5.89 Å². The molecule has 0 spiro atoms. The molecule has 0 aromatic carbocycles. The van der Waals surface area contributed by atoms with Crippen LogP contribution in [0.3, 0.4) is 0 Å². The zero-order valence-electron chi connectivity index (χ0n) is 11.1. The lowest BCUT2D eigenvalue weighted by molar-refractivity contribution is 0.343. The molecule has 2 rings (SSSR count). The zero-order valence-corrected chi connectivity index (χ0v) is 11.9. The van der Waals surface area contributed by atoms with Gasteiger partial charge in [-0.2, -0.15) is 16.7 Å². The van der Waals surface area contributed by atoms with Crippen LogP contribution in [0.15, 0.2) is 4.52 Å². The maximum atomic E-state index is 6.01. The van der Waals surface area contributed by atoms with Crippen molar-refractivity contribution in [1.82, 2.24) is 10.1 Å². The Hall–Kier alpha value is -0.550. The average molecular weight is 269 g/mol. The van der Waals surface area contributed by atoms with E-state index >= 15 is 0 Å². The minimum Gasteiger partial charge on any atom is -0.338 e. The second-order valence-corrected chi connectivity index (χ2v) is 6.30. The molecule has 102 valence electrons. The van der Waals surface area contributed by atoms with Gasteiger partial charge in [0.2, 0.25) is 5.89 Å². The van der Waals surface area contributed by atoms with Crippen molar-refractivity contribution in [2.24, 2.45) is 5.73 Å². The van der Waals surface area contributed by atoms with Gasteiger partial charge in [0.1, 0.15) is 0 Å². The molecule has 0 aliphatic heterocycles. The first kappa shape index (κ1) is 13.9. The smallest absolute Gasteiger partial charge is 0.243 e. The van der Waals surface area contributed by atoms with Crippen LogP contribution in [0.25, 0.3) is 0 Å². The summed E-state index contributed by atoms with van der Waals surface area (Å²) in [5.41, 5.74) is 6.01. The van der Waals surface area contributed by atoms with Crippen LogP contribution in [0.1, 0.15) is 69.6 Å². The highest BCUT2D eigenvalue weighted by molar-refractivity contribution is 7.99. The van der Waals surface area contributed by atoms with Gasteiger partial charge in [0.05, 0.1) is 11.8 Å². The summed E-state index contributed by atoms with van der Waals surface area (Å²) in [6.07, 6.45) is 8.60. The Labute approximate surface area is 113 Å². The van der Waals surface area contributed by atoms with Crippen LogP contribution < -0.4 is 5.73 Å². The van der Waals surface area contributed by atoms with Gasteiger partial charge in [-0.3, -0.25) is 0 Å². The Balaban J connectivity index is 1.77. The molecular weight excluding hydrogens is 246 g/mol. The Morgan fingerprint density at radius 2 is 2.22 bits per heavy atom. The number of unbranched alkanes of at least 4 members (excludes halogenated alkanes) is 1. The summed E-state index contributed by atoms with van der Waals surface area (Å²) >= 11 is 1.95. The van der Waals surface area contributed by atoms with Crippen molar-refractivity contribution in [3.05, 3.63) is 11.7 Å². The van der Waals surface area contributed by atoms with Gasteiger partial charge < -0.3 is 10.3 Å². The Morgan fingerprint density at radius 3 is 2.94 bits per heavy atom. The topological polar surface area (TPSA) is 64.9 Å². The first-order chi connectivity index (χ1) is 8.79. The first-order valence-corrected chi connectivity index (χ1v) is 8.04. The molecule has 1 aliphatic rings.